The van der Waals surface area contributed by atoms with Gasteiger partial charge in [0, 0.05) is 29.1 Å². The number of nitrogens with zero attached hydrogens (tertiary/aromatic N) is 4. The number of rotatable bonds is 7. The first-order chi connectivity index (χ1) is 16.2. The summed E-state index contributed by atoms with van der Waals surface area (Å²) in [5.74, 6) is 0.118. The van der Waals surface area contributed by atoms with Gasteiger partial charge in [-0.05, 0) is 31.2 Å². The van der Waals surface area contributed by atoms with Crippen LogP contribution >= 0.6 is 7.82 Å². The quantitative estimate of drug-likeness (QED) is 0.180. The van der Waals surface area contributed by atoms with Gasteiger partial charge in [-0.2, -0.15) is 4.98 Å². The number of phosphoric acid groups is 1. The van der Waals surface area contributed by atoms with Crippen LogP contribution in [0.4, 0.5) is 5.69 Å². The van der Waals surface area contributed by atoms with Crippen LogP contribution in [-0.4, -0.2) is 36.4 Å². The van der Waals surface area contributed by atoms with Gasteiger partial charge in [-0.15, -0.1) is 0 Å². The summed E-state index contributed by atoms with van der Waals surface area (Å²) < 4.78 is 20.7. The SMILES string of the molecule is Cc1ncc(COP(=O)([O-])O)c(C=Nc2ccccc2-c2noc(-c3ccccc3O)n2)c1O.[Na+]. The topological polar surface area (TPSA) is 174 Å². The van der Waals surface area contributed by atoms with Crippen molar-refractivity contribution in [2.24, 2.45) is 4.99 Å². The third kappa shape index (κ3) is 6.41. The van der Waals surface area contributed by atoms with Gasteiger partial charge in [0.25, 0.3) is 13.7 Å². The van der Waals surface area contributed by atoms with E-state index in [0.29, 0.717) is 22.5 Å². The third-order valence-electron chi connectivity index (χ3n) is 4.78. The Morgan fingerprint density at radius 3 is 2.54 bits per heavy atom. The van der Waals surface area contributed by atoms with Crippen molar-refractivity contribution in [3.8, 4) is 34.3 Å². The molecule has 35 heavy (non-hydrogen) atoms. The van der Waals surface area contributed by atoms with Gasteiger partial charge in [-0.3, -0.25) is 14.5 Å². The van der Waals surface area contributed by atoms with E-state index in [4.69, 9.17) is 9.42 Å². The fourth-order valence-corrected chi connectivity index (χ4v) is 3.37. The molecule has 4 rings (SSSR count). The average molecular weight is 504 g/mol. The van der Waals surface area contributed by atoms with Crippen LogP contribution in [0.5, 0.6) is 11.5 Å². The van der Waals surface area contributed by atoms with Crippen molar-refractivity contribution < 1.29 is 63.2 Å². The van der Waals surface area contributed by atoms with E-state index in [-0.39, 0.29) is 63.9 Å². The van der Waals surface area contributed by atoms with E-state index >= 15 is 0 Å². The molecule has 0 bridgehead atoms. The van der Waals surface area contributed by atoms with E-state index in [1.165, 1.54) is 18.5 Å². The summed E-state index contributed by atoms with van der Waals surface area (Å²) in [6.45, 7) is 1.02. The Balaban J connectivity index is 0.00000342. The van der Waals surface area contributed by atoms with Crippen LogP contribution in [0, 0.1) is 6.92 Å². The number of aromatic nitrogens is 3. The number of phenols is 1. The molecule has 0 spiro atoms. The van der Waals surface area contributed by atoms with Crippen molar-refractivity contribution in [1.29, 1.82) is 0 Å². The first-order valence-electron chi connectivity index (χ1n) is 9.84. The van der Waals surface area contributed by atoms with Crippen LogP contribution in [-0.2, 0) is 15.7 Å². The second-order valence-electron chi connectivity index (χ2n) is 7.09. The Bertz CT molecular complexity index is 1420. The maximum Gasteiger partial charge on any atom is 1.00 e. The van der Waals surface area contributed by atoms with Crippen LogP contribution in [0.1, 0.15) is 16.8 Å². The Morgan fingerprint density at radius 1 is 1.14 bits per heavy atom. The molecule has 0 amide bonds. The Morgan fingerprint density at radius 2 is 1.83 bits per heavy atom. The maximum absolute atomic E-state index is 11.0. The van der Waals surface area contributed by atoms with Gasteiger partial charge in [0.05, 0.1) is 23.6 Å². The number of hydrogen-bond donors (Lipinski definition) is 3. The summed E-state index contributed by atoms with van der Waals surface area (Å²) in [5, 5.41) is 24.5. The molecule has 13 heteroatoms. The van der Waals surface area contributed by atoms with E-state index < -0.39 is 14.4 Å². The second-order valence-corrected chi connectivity index (χ2v) is 8.28. The van der Waals surface area contributed by atoms with Crippen molar-refractivity contribution in [1.82, 2.24) is 15.1 Å². The molecule has 2 aromatic carbocycles. The predicted octanol–water partition coefficient (Wildman–Crippen LogP) is 0.250. The van der Waals surface area contributed by atoms with E-state index in [2.05, 4.69) is 24.6 Å². The second kappa shape index (κ2) is 11.2. The van der Waals surface area contributed by atoms with Gasteiger partial charge in [0.2, 0.25) is 5.82 Å². The molecule has 0 radical (unpaired) electrons. The Labute approximate surface area is 221 Å². The molecule has 0 aliphatic rings. The summed E-state index contributed by atoms with van der Waals surface area (Å²) in [6.07, 6.45) is 2.63. The van der Waals surface area contributed by atoms with E-state index in [1.54, 1.807) is 49.4 Å². The van der Waals surface area contributed by atoms with Gasteiger partial charge < -0.3 is 29.0 Å². The monoisotopic (exact) mass is 504 g/mol. The maximum atomic E-state index is 11.0. The van der Waals surface area contributed by atoms with Crippen molar-refractivity contribution in [3.05, 3.63) is 71.5 Å². The van der Waals surface area contributed by atoms with E-state index in [9.17, 15) is 19.7 Å². The van der Waals surface area contributed by atoms with Gasteiger partial charge in [-0.25, -0.2) is 0 Å². The molecule has 0 fully saturated rings. The molecule has 3 N–H and O–H groups in total. The Hall–Kier alpha value is -2.89. The van der Waals surface area contributed by atoms with Crippen molar-refractivity contribution in [2.75, 3.05) is 0 Å². The van der Waals surface area contributed by atoms with Crippen LogP contribution in [0.2, 0.25) is 0 Å². The Kier molecular flexibility index (Phi) is 8.57. The summed E-state index contributed by atoms with van der Waals surface area (Å²) in [4.78, 5) is 32.6. The van der Waals surface area contributed by atoms with E-state index in [1.807, 2.05) is 0 Å². The fourth-order valence-electron chi connectivity index (χ4n) is 3.07. The molecule has 2 heterocycles. The number of hydrogen-bond acceptors (Lipinski definition) is 10. The summed E-state index contributed by atoms with van der Waals surface area (Å²) in [6, 6.07) is 13.4. The van der Waals surface area contributed by atoms with Gasteiger partial charge in [0.15, 0.2) is 0 Å². The minimum Gasteiger partial charge on any atom is -0.756 e. The van der Waals surface area contributed by atoms with Gasteiger partial charge >= 0.3 is 29.6 Å². The first-order valence-corrected chi connectivity index (χ1v) is 11.3. The number of aromatic hydroxyl groups is 2. The number of aliphatic imine (C=N–C) groups is 1. The van der Waals surface area contributed by atoms with Crippen LogP contribution < -0.4 is 34.5 Å². The molecule has 11 nitrogen and oxygen atoms in total. The zero-order valence-corrected chi connectivity index (χ0v) is 21.6. The zero-order chi connectivity index (χ0) is 24.3. The number of phosphoric ester groups is 1. The standard InChI is InChI=1S/C22H19N4O7P.Na/c1-13-20(28)17(14(10-23-13)12-32-34(29,30)31)11-24-18-8-4-2-6-15(18)21-25-22(33-26-21)16-7-3-5-9-19(16)27;/h2-11,27-28H,12H2,1H3,(H2,29,30,31);/q;+1/p-1. The van der Waals surface area contributed by atoms with E-state index in [0.717, 1.165) is 0 Å². The largest absolute Gasteiger partial charge is 1.00 e. The molecule has 0 saturated heterocycles. The minimum absolute atomic E-state index is 0. The van der Waals surface area contributed by atoms with Crippen molar-refractivity contribution in [3.63, 3.8) is 0 Å². The summed E-state index contributed by atoms with van der Waals surface area (Å²) in [5.41, 5.74) is 1.95. The van der Waals surface area contributed by atoms with Crippen molar-refractivity contribution in [2.45, 2.75) is 13.5 Å². The zero-order valence-electron chi connectivity index (χ0n) is 18.7. The first kappa shape index (κ1) is 26.7. The smallest absolute Gasteiger partial charge is 0.756 e. The van der Waals surface area contributed by atoms with Crippen LogP contribution in [0.15, 0.2) is 64.2 Å². The summed E-state index contributed by atoms with van der Waals surface area (Å²) >= 11 is 0. The third-order valence-corrected chi connectivity index (χ3v) is 5.23. The minimum atomic E-state index is -4.98. The fraction of sp³-hybridized carbons (Fsp3) is 0.0909. The van der Waals surface area contributed by atoms with Crippen molar-refractivity contribution >= 4 is 19.7 Å². The summed E-state index contributed by atoms with van der Waals surface area (Å²) in [7, 11) is -4.98. The number of para-hydroxylation sites is 2. The molecule has 0 saturated carbocycles. The molecule has 0 aliphatic carbocycles. The van der Waals surface area contributed by atoms with Crippen LogP contribution in [0.3, 0.4) is 0 Å². The molecule has 0 aliphatic heterocycles. The molecular weight excluding hydrogens is 486 g/mol. The molecular formula is C22H18N4NaO7P. The van der Waals surface area contributed by atoms with Gasteiger partial charge in [-0.1, -0.05) is 29.4 Å². The molecule has 174 valence electrons. The predicted molar refractivity (Wildman–Crippen MR) is 119 cm³/mol. The normalized spacial score (nSPS) is 12.9. The molecule has 1 unspecified atom stereocenters. The molecule has 4 aromatic rings. The average Bonchev–Trinajstić information content (AvgIpc) is 3.29. The molecule has 1 atom stereocenters. The number of aryl methyl sites for hydroxylation is 1. The number of pyridine rings is 1. The number of benzene rings is 2. The van der Waals surface area contributed by atoms with Gasteiger partial charge in [0.1, 0.15) is 11.5 Å². The number of phenolic OH excluding ortho intramolecular Hbond substituents is 1. The molecule has 2 aromatic heterocycles. The van der Waals surface area contributed by atoms with Crippen LogP contribution in [0.25, 0.3) is 22.8 Å².